The van der Waals surface area contributed by atoms with Crippen molar-refractivity contribution in [1.29, 1.82) is 0 Å². The highest BCUT2D eigenvalue weighted by Crippen LogP contribution is 2.27. The molecule has 2 saturated heterocycles. The fourth-order valence-electron chi connectivity index (χ4n) is 4.36. The van der Waals surface area contributed by atoms with Gasteiger partial charge in [-0.2, -0.15) is 0 Å². The van der Waals surface area contributed by atoms with E-state index < -0.39 is 0 Å². The normalized spacial score (nSPS) is 20.3. The minimum absolute atomic E-state index is 0.250. The minimum atomic E-state index is -0.250. The van der Waals surface area contributed by atoms with Gasteiger partial charge in [0, 0.05) is 45.3 Å². The lowest BCUT2D eigenvalue weighted by atomic mass is 9.97. The first kappa shape index (κ1) is 23.4. The Hall–Kier alpha value is -2.30. The zero-order valence-corrected chi connectivity index (χ0v) is 19.1. The summed E-state index contributed by atoms with van der Waals surface area (Å²) in [7, 11) is 4.24. The van der Waals surface area contributed by atoms with Gasteiger partial charge in [0.25, 0.3) is 6.47 Å². The van der Waals surface area contributed by atoms with Crippen LogP contribution in [0.5, 0.6) is 0 Å². The molecule has 0 amide bonds. The topological polar surface area (TPSA) is 102 Å². The number of hydrogen-bond acceptors (Lipinski definition) is 7. The lowest BCUT2D eigenvalue weighted by Gasteiger charge is -2.32. The maximum absolute atomic E-state index is 8.36. The second kappa shape index (κ2) is 10.8. The number of aryl methyl sites for hydroxylation is 1. The van der Waals surface area contributed by atoms with Crippen molar-refractivity contribution in [2.24, 2.45) is 14.1 Å². The summed E-state index contributed by atoms with van der Waals surface area (Å²) in [5.41, 5.74) is 2.39. The van der Waals surface area contributed by atoms with Gasteiger partial charge in [-0.25, -0.2) is 4.98 Å². The molecule has 0 spiro atoms. The number of morpholine rings is 1. The van der Waals surface area contributed by atoms with Crippen molar-refractivity contribution < 1.29 is 14.6 Å². The van der Waals surface area contributed by atoms with Gasteiger partial charge in [0.1, 0.15) is 17.5 Å². The van der Waals surface area contributed by atoms with E-state index in [4.69, 9.17) is 19.6 Å². The Kier molecular flexibility index (Phi) is 8.16. The van der Waals surface area contributed by atoms with E-state index in [0.717, 1.165) is 75.6 Å². The number of piperidine rings is 1. The van der Waals surface area contributed by atoms with Crippen LogP contribution in [0.2, 0.25) is 0 Å². The van der Waals surface area contributed by atoms with Crippen molar-refractivity contribution in [1.82, 2.24) is 34.1 Å². The van der Waals surface area contributed by atoms with Gasteiger partial charge in [-0.1, -0.05) is 0 Å². The molecule has 4 heterocycles. The lowest BCUT2D eigenvalue weighted by molar-refractivity contribution is -0.122. The Labute approximate surface area is 183 Å². The average molecular weight is 434 g/mol. The van der Waals surface area contributed by atoms with Gasteiger partial charge >= 0.3 is 0 Å². The lowest BCUT2D eigenvalue weighted by Crippen LogP contribution is -2.37. The van der Waals surface area contributed by atoms with Gasteiger partial charge < -0.3 is 19.0 Å². The largest absolute Gasteiger partial charge is 0.483 e. The Morgan fingerprint density at radius 3 is 2.35 bits per heavy atom. The summed E-state index contributed by atoms with van der Waals surface area (Å²) in [6, 6.07) is 0. The molecule has 1 atom stereocenters. The second-order valence-corrected chi connectivity index (χ2v) is 8.36. The summed E-state index contributed by atoms with van der Waals surface area (Å²) < 4.78 is 9.89. The molecule has 2 fully saturated rings. The molecule has 0 radical (unpaired) electrons. The van der Waals surface area contributed by atoms with Crippen molar-refractivity contribution in [3.63, 3.8) is 0 Å². The van der Waals surface area contributed by atoms with Crippen molar-refractivity contribution in [2.45, 2.75) is 45.7 Å². The summed E-state index contributed by atoms with van der Waals surface area (Å²) in [5, 5.41) is 16.0. The smallest absolute Gasteiger partial charge is 0.290 e. The van der Waals surface area contributed by atoms with Crippen LogP contribution in [-0.4, -0.2) is 85.1 Å². The summed E-state index contributed by atoms with van der Waals surface area (Å²) >= 11 is 0. The number of carbonyl (C=O) groups is 1. The van der Waals surface area contributed by atoms with E-state index in [-0.39, 0.29) is 6.47 Å². The molecular weight excluding hydrogens is 398 g/mol. The van der Waals surface area contributed by atoms with Gasteiger partial charge in [-0.15, -0.1) is 10.2 Å². The number of hydrogen-bond donors (Lipinski definition) is 1. The van der Waals surface area contributed by atoms with E-state index in [2.05, 4.69) is 57.1 Å². The van der Waals surface area contributed by atoms with E-state index >= 15 is 0 Å². The van der Waals surface area contributed by atoms with Crippen LogP contribution < -0.4 is 0 Å². The number of nitrogens with zero attached hydrogens (tertiary/aromatic N) is 7. The molecule has 2 aromatic heterocycles. The Balaban J connectivity index is 0.000000858. The van der Waals surface area contributed by atoms with E-state index in [1.807, 2.05) is 0 Å². The van der Waals surface area contributed by atoms with Gasteiger partial charge in [-0.3, -0.25) is 14.6 Å². The molecule has 10 nitrogen and oxygen atoms in total. The fourth-order valence-corrected chi connectivity index (χ4v) is 4.36. The predicted molar refractivity (Wildman–Crippen MR) is 116 cm³/mol. The van der Waals surface area contributed by atoms with Gasteiger partial charge in [-0.05, 0) is 33.2 Å². The highest BCUT2D eigenvalue weighted by molar-refractivity contribution is 5.32. The molecule has 0 aliphatic carbocycles. The average Bonchev–Trinajstić information content (AvgIpc) is 3.24. The molecule has 1 unspecified atom stereocenters. The highest BCUT2D eigenvalue weighted by Gasteiger charge is 2.27. The first-order valence-corrected chi connectivity index (χ1v) is 10.9. The zero-order valence-electron chi connectivity index (χ0n) is 19.1. The van der Waals surface area contributed by atoms with Crippen LogP contribution in [-0.2, 0) is 36.7 Å². The summed E-state index contributed by atoms with van der Waals surface area (Å²) in [5.74, 6) is 3.78. The van der Waals surface area contributed by atoms with Crippen molar-refractivity contribution in [2.75, 3.05) is 39.4 Å². The van der Waals surface area contributed by atoms with Crippen molar-refractivity contribution in [3.8, 4) is 0 Å². The van der Waals surface area contributed by atoms with E-state index in [9.17, 15) is 0 Å². The molecule has 1 N–H and O–H groups in total. The summed E-state index contributed by atoms with van der Waals surface area (Å²) in [6.45, 7) is 11.5. The van der Waals surface area contributed by atoms with E-state index in [0.29, 0.717) is 5.92 Å². The van der Waals surface area contributed by atoms with Gasteiger partial charge in [0.05, 0.1) is 32.0 Å². The van der Waals surface area contributed by atoms with Crippen molar-refractivity contribution in [3.05, 3.63) is 28.9 Å². The third-order valence-electron chi connectivity index (χ3n) is 6.41. The fraction of sp³-hybridized carbons (Fsp3) is 0.714. The van der Waals surface area contributed by atoms with E-state index in [1.165, 1.54) is 18.5 Å². The third kappa shape index (κ3) is 5.69. The minimum Gasteiger partial charge on any atom is -0.483 e. The first-order chi connectivity index (χ1) is 14.9. The Morgan fingerprint density at radius 2 is 1.71 bits per heavy atom. The molecule has 2 aliphatic rings. The number of imidazole rings is 1. The van der Waals surface area contributed by atoms with Crippen molar-refractivity contribution >= 4 is 6.47 Å². The van der Waals surface area contributed by atoms with Crippen LogP contribution in [0.4, 0.5) is 0 Å². The van der Waals surface area contributed by atoms with Crippen LogP contribution in [0.25, 0.3) is 0 Å². The molecule has 31 heavy (non-hydrogen) atoms. The molecular formula is C21H35N7O3. The maximum Gasteiger partial charge on any atom is 0.290 e. The third-order valence-corrected chi connectivity index (χ3v) is 6.41. The quantitative estimate of drug-likeness (QED) is 0.699. The maximum atomic E-state index is 8.36. The number of likely N-dealkylation sites (tertiary alicyclic amines) is 1. The second-order valence-electron chi connectivity index (χ2n) is 8.36. The van der Waals surface area contributed by atoms with Crippen LogP contribution in [0.1, 0.15) is 47.6 Å². The predicted octanol–water partition coefficient (Wildman–Crippen LogP) is 1.08. The number of rotatable bonds is 5. The van der Waals surface area contributed by atoms with Crippen LogP contribution in [0.15, 0.2) is 0 Å². The number of carboxylic acid groups (broad SMARTS) is 1. The molecule has 10 heteroatoms. The van der Waals surface area contributed by atoms with E-state index in [1.54, 1.807) is 0 Å². The Bertz CT molecular complexity index is 858. The van der Waals surface area contributed by atoms with Gasteiger partial charge in [0.15, 0.2) is 0 Å². The molecule has 2 aromatic rings. The summed E-state index contributed by atoms with van der Waals surface area (Å²) in [6.07, 6.45) is 2.37. The Morgan fingerprint density at radius 1 is 1.03 bits per heavy atom. The monoisotopic (exact) mass is 433 g/mol. The van der Waals surface area contributed by atoms with Crippen LogP contribution in [0.3, 0.4) is 0 Å². The van der Waals surface area contributed by atoms with Gasteiger partial charge in [0.2, 0.25) is 0 Å². The standard InChI is InChI=1S/C20H33N7O.CH2O2/c1-15-16(2)24(3)18(21-15)13-27-7-5-6-17(12-27)20-23-22-19(25(20)4)14-26-8-10-28-11-9-26;2-1-3/h17H,5-14H2,1-4H3;1H,(H,2,3). The van der Waals surface area contributed by atoms with Crippen LogP contribution >= 0.6 is 0 Å². The molecule has 0 aromatic carbocycles. The molecule has 0 bridgehead atoms. The zero-order chi connectivity index (χ0) is 22.4. The molecule has 0 saturated carbocycles. The first-order valence-electron chi connectivity index (χ1n) is 10.9. The SMILES string of the molecule is Cc1nc(CN2CCCC(c3nnc(CN4CCOCC4)n3C)C2)n(C)c1C.O=CO. The number of ether oxygens (including phenoxy) is 1. The molecule has 2 aliphatic heterocycles. The number of aromatic nitrogens is 5. The molecule has 4 rings (SSSR count). The summed E-state index contributed by atoms with van der Waals surface area (Å²) in [4.78, 5) is 18.0. The highest BCUT2D eigenvalue weighted by atomic mass is 16.5. The van der Waals surface area contributed by atoms with Crippen LogP contribution in [0, 0.1) is 13.8 Å². The molecule has 172 valence electrons.